The first kappa shape index (κ1) is 21.8. The molecule has 2 heterocycles. The molecule has 2 aromatic heterocycles. The van der Waals surface area contributed by atoms with Crippen molar-refractivity contribution in [2.24, 2.45) is 0 Å². The molecule has 0 saturated heterocycles. The van der Waals surface area contributed by atoms with Crippen LogP contribution in [0.25, 0.3) is 77.0 Å². The molecule has 0 amide bonds. The van der Waals surface area contributed by atoms with Crippen molar-refractivity contribution in [1.82, 2.24) is 4.98 Å². The largest absolute Gasteiger partial charge is 0.456 e. The SMILES string of the molecule is c1ccc(-c2c3ccccc3c(-c3ccc(-c4cccc5oc6ccccc6c45)nc3)c3ccccc23)cc1. The Morgan fingerprint density at radius 2 is 0.974 bits per heavy atom. The molecule has 0 N–H and O–H groups in total. The molecule has 8 rings (SSSR count). The Balaban J connectivity index is 1.36. The van der Waals surface area contributed by atoms with Crippen molar-refractivity contribution < 1.29 is 4.42 Å². The first-order valence-electron chi connectivity index (χ1n) is 13.2. The average Bonchev–Trinajstić information content (AvgIpc) is 3.39. The second kappa shape index (κ2) is 8.68. The molecule has 0 bridgehead atoms. The average molecular weight is 498 g/mol. The summed E-state index contributed by atoms with van der Waals surface area (Å²) in [4.78, 5) is 5.01. The molecule has 0 aliphatic carbocycles. The van der Waals surface area contributed by atoms with E-state index >= 15 is 0 Å². The minimum absolute atomic E-state index is 0.882. The summed E-state index contributed by atoms with van der Waals surface area (Å²) in [5.41, 5.74) is 8.62. The van der Waals surface area contributed by atoms with Crippen LogP contribution < -0.4 is 0 Å². The van der Waals surface area contributed by atoms with Gasteiger partial charge in [-0.2, -0.15) is 0 Å². The van der Waals surface area contributed by atoms with Gasteiger partial charge in [-0.1, -0.05) is 115 Å². The van der Waals surface area contributed by atoms with E-state index in [1.807, 2.05) is 30.5 Å². The highest BCUT2D eigenvalue weighted by Crippen LogP contribution is 2.44. The van der Waals surface area contributed by atoms with Gasteiger partial charge in [0.15, 0.2) is 0 Å². The standard InChI is InChI=1S/C37H23NO/c1-2-11-24(12-3-1)35-26-13-4-6-15-28(26)36(29-16-7-5-14-27(29)35)25-21-22-32(38-23-25)30-18-10-20-34-37(30)31-17-8-9-19-33(31)39-34/h1-23H. The Hall–Kier alpha value is -5.21. The molecular weight excluding hydrogens is 474 g/mol. The normalized spacial score (nSPS) is 11.6. The van der Waals surface area contributed by atoms with Crippen LogP contribution in [-0.4, -0.2) is 4.98 Å². The quantitative estimate of drug-likeness (QED) is 0.227. The number of benzene rings is 6. The summed E-state index contributed by atoms with van der Waals surface area (Å²) in [6, 6.07) is 46.9. The van der Waals surface area contributed by atoms with Crippen LogP contribution in [0.15, 0.2) is 144 Å². The fourth-order valence-electron chi connectivity index (χ4n) is 6.04. The molecule has 0 saturated carbocycles. The van der Waals surface area contributed by atoms with Gasteiger partial charge in [0.05, 0.1) is 5.69 Å². The maximum Gasteiger partial charge on any atom is 0.136 e. The third-order valence-corrected chi connectivity index (χ3v) is 7.72. The number of rotatable bonds is 3. The van der Waals surface area contributed by atoms with E-state index in [1.165, 1.54) is 38.2 Å². The van der Waals surface area contributed by atoms with E-state index in [-0.39, 0.29) is 0 Å². The number of aromatic nitrogens is 1. The Kier molecular flexibility index (Phi) is 4.86. The van der Waals surface area contributed by atoms with E-state index in [0.29, 0.717) is 0 Å². The van der Waals surface area contributed by atoms with Crippen molar-refractivity contribution in [1.29, 1.82) is 0 Å². The van der Waals surface area contributed by atoms with E-state index in [0.717, 1.165) is 38.8 Å². The molecule has 182 valence electrons. The van der Waals surface area contributed by atoms with Crippen LogP contribution in [0.3, 0.4) is 0 Å². The van der Waals surface area contributed by atoms with Gasteiger partial charge < -0.3 is 4.42 Å². The summed E-state index contributed by atoms with van der Waals surface area (Å²) >= 11 is 0. The van der Waals surface area contributed by atoms with E-state index < -0.39 is 0 Å². The highest BCUT2D eigenvalue weighted by molar-refractivity contribution is 6.21. The monoisotopic (exact) mass is 497 g/mol. The molecule has 2 nitrogen and oxygen atoms in total. The molecule has 2 heteroatoms. The summed E-state index contributed by atoms with van der Waals surface area (Å²) in [5, 5.41) is 7.17. The molecule has 0 radical (unpaired) electrons. The summed E-state index contributed by atoms with van der Waals surface area (Å²) in [7, 11) is 0. The van der Waals surface area contributed by atoms with Crippen LogP contribution in [0.5, 0.6) is 0 Å². The molecule has 0 aliphatic rings. The summed E-state index contributed by atoms with van der Waals surface area (Å²) in [6.07, 6.45) is 2.02. The zero-order valence-corrected chi connectivity index (χ0v) is 21.1. The maximum atomic E-state index is 6.12. The Bertz CT molecular complexity index is 2100. The summed E-state index contributed by atoms with van der Waals surface area (Å²) in [5.74, 6) is 0. The fraction of sp³-hybridized carbons (Fsp3) is 0. The third kappa shape index (κ3) is 3.39. The van der Waals surface area contributed by atoms with Crippen molar-refractivity contribution in [3.63, 3.8) is 0 Å². The highest BCUT2D eigenvalue weighted by atomic mass is 16.3. The van der Waals surface area contributed by atoms with Crippen LogP contribution in [0.1, 0.15) is 0 Å². The summed E-state index contributed by atoms with van der Waals surface area (Å²) in [6.45, 7) is 0. The van der Waals surface area contributed by atoms with Crippen LogP contribution >= 0.6 is 0 Å². The van der Waals surface area contributed by atoms with Crippen LogP contribution in [0.2, 0.25) is 0 Å². The lowest BCUT2D eigenvalue weighted by Gasteiger charge is -2.17. The molecule has 0 unspecified atom stereocenters. The first-order valence-corrected chi connectivity index (χ1v) is 13.2. The van der Waals surface area contributed by atoms with Crippen LogP contribution in [-0.2, 0) is 0 Å². The molecular formula is C37H23NO. The van der Waals surface area contributed by atoms with E-state index in [4.69, 9.17) is 9.40 Å². The van der Waals surface area contributed by atoms with Gasteiger partial charge in [0.2, 0.25) is 0 Å². The summed E-state index contributed by atoms with van der Waals surface area (Å²) < 4.78 is 6.12. The molecule has 39 heavy (non-hydrogen) atoms. The Labute approximate surface area is 225 Å². The number of furan rings is 1. The minimum Gasteiger partial charge on any atom is -0.456 e. The third-order valence-electron chi connectivity index (χ3n) is 7.72. The Morgan fingerprint density at radius 1 is 0.410 bits per heavy atom. The predicted octanol–water partition coefficient (Wildman–Crippen LogP) is 10.3. The number of para-hydroxylation sites is 1. The molecule has 6 aromatic carbocycles. The van der Waals surface area contributed by atoms with Gasteiger partial charge in [0, 0.05) is 28.1 Å². The molecule has 0 spiro atoms. The van der Waals surface area contributed by atoms with Crippen LogP contribution in [0.4, 0.5) is 0 Å². The van der Waals surface area contributed by atoms with Gasteiger partial charge in [-0.15, -0.1) is 0 Å². The lowest BCUT2D eigenvalue weighted by Crippen LogP contribution is -1.92. The zero-order valence-electron chi connectivity index (χ0n) is 21.1. The number of nitrogens with zero attached hydrogens (tertiary/aromatic N) is 1. The van der Waals surface area contributed by atoms with Gasteiger partial charge >= 0.3 is 0 Å². The van der Waals surface area contributed by atoms with Crippen molar-refractivity contribution in [3.05, 3.63) is 140 Å². The van der Waals surface area contributed by atoms with E-state index in [1.54, 1.807) is 0 Å². The lowest BCUT2D eigenvalue weighted by atomic mass is 9.86. The number of hydrogen-bond donors (Lipinski definition) is 0. The second-order valence-electron chi connectivity index (χ2n) is 9.92. The minimum atomic E-state index is 0.882. The van der Waals surface area contributed by atoms with Gasteiger partial charge in [-0.3, -0.25) is 4.98 Å². The fourth-order valence-corrected chi connectivity index (χ4v) is 6.04. The number of hydrogen-bond acceptors (Lipinski definition) is 2. The van der Waals surface area contributed by atoms with Crippen molar-refractivity contribution in [2.45, 2.75) is 0 Å². The number of pyridine rings is 1. The highest BCUT2D eigenvalue weighted by Gasteiger charge is 2.17. The predicted molar refractivity (Wildman–Crippen MR) is 163 cm³/mol. The molecule has 0 atom stereocenters. The van der Waals surface area contributed by atoms with Gasteiger partial charge in [0.1, 0.15) is 11.2 Å². The van der Waals surface area contributed by atoms with Crippen molar-refractivity contribution >= 4 is 43.5 Å². The van der Waals surface area contributed by atoms with Crippen molar-refractivity contribution in [3.8, 4) is 33.5 Å². The van der Waals surface area contributed by atoms with Crippen molar-refractivity contribution in [2.75, 3.05) is 0 Å². The van der Waals surface area contributed by atoms with E-state index in [2.05, 4.69) is 109 Å². The molecule has 0 fully saturated rings. The number of fused-ring (bicyclic) bond motifs is 5. The van der Waals surface area contributed by atoms with Gasteiger partial charge in [-0.05, 0) is 56.4 Å². The first-order chi connectivity index (χ1) is 19.4. The van der Waals surface area contributed by atoms with Crippen LogP contribution in [0, 0.1) is 0 Å². The van der Waals surface area contributed by atoms with E-state index in [9.17, 15) is 0 Å². The van der Waals surface area contributed by atoms with Gasteiger partial charge in [-0.25, -0.2) is 0 Å². The molecule has 8 aromatic rings. The smallest absolute Gasteiger partial charge is 0.136 e. The lowest BCUT2D eigenvalue weighted by molar-refractivity contribution is 0.669. The topological polar surface area (TPSA) is 26.0 Å². The van der Waals surface area contributed by atoms with Gasteiger partial charge in [0.25, 0.3) is 0 Å². The Morgan fingerprint density at radius 3 is 1.62 bits per heavy atom. The maximum absolute atomic E-state index is 6.12. The molecule has 0 aliphatic heterocycles. The second-order valence-corrected chi connectivity index (χ2v) is 9.92. The zero-order chi connectivity index (χ0) is 25.8.